The van der Waals surface area contributed by atoms with E-state index < -0.39 is 5.91 Å². The molecule has 2 amide bonds. The Kier molecular flexibility index (Phi) is 4.55. The molecule has 1 N–H and O–H groups in total. The van der Waals surface area contributed by atoms with Gasteiger partial charge in [0.25, 0.3) is 11.1 Å². The molecule has 108 valence electrons. The molecule has 0 atom stereocenters. The maximum Gasteiger partial charge on any atom is 0.294 e. The number of carbonyl (C=O) groups excluding carboxylic acids is 2. The molecule has 21 heavy (non-hydrogen) atoms. The lowest BCUT2D eigenvalue weighted by Gasteiger charge is -2.07. The number of thioether (sulfide) groups is 1. The lowest BCUT2D eigenvalue weighted by molar-refractivity contribution is -0.122. The molecule has 1 aromatic rings. The van der Waals surface area contributed by atoms with Gasteiger partial charge in [0, 0.05) is 0 Å². The fraction of sp³-hybridized carbons (Fsp3) is 0.200. The molecule has 0 unspecified atom stereocenters. The third-order valence-electron chi connectivity index (χ3n) is 2.70. The Morgan fingerprint density at radius 3 is 2.90 bits per heavy atom. The van der Waals surface area contributed by atoms with E-state index in [1.54, 1.807) is 25.1 Å². The second-order valence-corrected chi connectivity index (χ2v) is 5.13. The number of hydrogen-bond acceptors (Lipinski definition) is 5. The third-order valence-corrected chi connectivity index (χ3v) is 3.61. The molecule has 0 aromatic heterocycles. The Hall–Kier alpha value is -2.39. The molecule has 0 saturated carbocycles. The van der Waals surface area contributed by atoms with Gasteiger partial charge in [-0.1, -0.05) is 12.0 Å². The minimum Gasteiger partial charge on any atom is -0.504 e. The molecule has 1 aliphatic rings. The predicted octanol–water partition coefficient (Wildman–Crippen LogP) is 2.46. The molecule has 0 bridgehead atoms. The van der Waals surface area contributed by atoms with Crippen LogP contribution < -0.4 is 4.74 Å². The largest absolute Gasteiger partial charge is 0.504 e. The van der Waals surface area contributed by atoms with E-state index in [9.17, 15) is 14.7 Å². The van der Waals surface area contributed by atoms with E-state index in [0.717, 1.165) is 16.7 Å². The number of amides is 2. The molecule has 5 nitrogen and oxygen atoms in total. The summed E-state index contributed by atoms with van der Waals surface area (Å²) in [6, 6.07) is 4.71. The van der Waals surface area contributed by atoms with Crippen LogP contribution in [-0.4, -0.2) is 34.3 Å². The number of rotatable bonds is 4. The van der Waals surface area contributed by atoms with Crippen LogP contribution in [0.1, 0.15) is 12.5 Å². The minimum absolute atomic E-state index is 0.0226. The number of terminal acetylenes is 1. The fourth-order valence-corrected chi connectivity index (χ4v) is 2.61. The van der Waals surface area contributed by atoms with Crippen molar-refractivity contribution in [2.45, 2.75) is 6.92 Å². The normalized spacial score (nSPS) is 16.4. The van der Waals surface area contributed by atoms with Gasteiger partial charge in [0.1, 0.15) is 0 Å². The van der Waals surface area contributed by atoms with Gasteiger partial charge in [-0.2, -0.15) is 0 Å². The Morgan fingerprint density at radius 2 is 2.24 bits per heavy atom. The van der Waals surface area contributed by atoms with E-state index in [0.29, 0.717) is 22.8 Å². The van der Waals surface area contributed by atoms with E-state index in [-0.39, 0.29) is 17.5 Å². The SMILES string of the molecule is C#CCN1C(=O)S/C(=C\c2ccc(O)c(OCC)c2)C1=O. The average molecular weight is 303 g/mol. The highest BCUT2D eigenvalue weighted by atomic mass is 32.2. The second-order valence-electron chi connectivity index (χ2n) is 4.13. The Bertz CT molecular complexity index is 660. The predicted molar refractivity (Wildman–Crippen MR) is 80.8 cm³/mol. The molecule has 1 fully saturated rings. The van der Waals surface area contributed by atoms with E-state index in [4.69, 9.17) is 11.2 Å². The highest BCUT2D eigenvalue weighted by Crippen LogP contribution is 2.33. The monoisotopic (exact) mass is 303 g/mol. The average Bonchev–Trinajstić information content (AvgIpc) is 2.71. The second kappa shape index (κ2) is 6.37. The number of imide groups is 1. The molecule has 0 spiro atoms. The van der Waals surface area contributed by atoms with Crippen LogP contribution in [0.3, 0.4) is 0 Å². The smallest absolute Gasteiger partial charge is 0.294 e. The van der Waals surface area contributed by atoms with Gasteiger partial charge in [0.15, 0.2) is 11.5 Å². The van der Waals surface area contributed by atoms with Crippen molar-refractivity contribution in [2.24, 2.45) is 0 Å². The first-order chi connectivity index (χ1) is 10.1. The topological polar surface area (TPSA) is 66.8 Å². The number of nitrogens with zero attached hydrogens (tertiary/aromatic N) is 1. The van der Waals surface area contributed by atoms with Gasteiger partial charge in [-0.25, -0.2) is 0 Å². The van der Waals surface area contributed by atoms with Crippen LogP contribution in [-0.2, 0) is 4.79 Å². The molecular formula is C15H13NO4S. The Balaban J connectivity index is 2.28. The molecule has 1 aliphatic heterocycles. The Labute approximate surface area is 126 Å². The number of benzene rings is 1. The summed E-state index contributed by atoms with van der Waals surface area (Å²) in [5, 5.41) is 9.25. The van der Waals surface area contributed by atoms with Crippen LogP contribution >= 0.6 is 11.8 Å². The molecule has 6 heteroatoms. The summed E-state index contributed by atoms with van der Waals surface area (Å²) in [6.07, 6.45) is 6.70. The first-order valence-corrected chi connectivity index (χ1v) is 7.03. The van der Waals surface area contributed by atoms with Crippen LogP contribution in [0.15, 0.2) is 23.1 Å². The van der Waals surface area contributed by atoms with Gasteiger partial charge in [-0.3, -0.25) is 14.5 Å². The van der Waals surface area contributed by atoms with Crippen molar-refractivity contribution in [3.8, 4) is 23.8 Å². The van der Waals surface area contributed by atoms with Crippen LogP contribution in [0, 0.1) is 12.3 Å². The van der Waals surface area contributed by atoms with Gasteiger partial charge in [-0.05, 0) is 42.5 Å². The Morgan fingerprint density at radius 1 is 1.48 bits per heavy atom. The van der Waals surface area contributed by atoms with E-state index in [1.165, 1.54) is 6.07 Å². The van der Waals surface area contributed by atoms with Crippen molar-refractivity contribution in [3.05, 3.63) is 28.7 Å². The van der Waals surface area contributed by atoms with E-state index in [2.05, 4.69) is 5.92 Å². The lowest BCUT2D eigenvalue weighted by Crippen LogP contribution is -2.28. The van der Waals surface area contributed by atoms with E-state index >= 15 is 0 Å². The van der Waals surface area contributed by atoms with Crippen molar-refractivity contribution in [1.29, 1.82) is 0 Å². The number of carbonyl (C=O) groups is 2. The summed E-state index contributed by atoms with van der Waals surface area (Å²) in [4.78, 5) is 25.0. The molecule has 1 heterocycles. The van der Waals surface area contributed by atoms with Crippen molar-refractivity contribution in [1.82, 2.24) is 4.90 Å². The fourth-order valence-electron chi connectivity index (χ4n) is 1.77. The first-order valence-electron chi connectivity index (χ1n) is 6.21. The van der Waals surface area contributed by atoms with Crippen molar-refractivity contribution < 1.29 is 19.4 Å². The number of aromatic hydroxyl groups is 1. The summed E-state index contributed by atoms with van der Waals surface area (Å²) in [7, 11) is 0. The quantitative estimate of drug-likeness (QED) is 0.683. The number of phenols is 1. The highest BCUT2D eigenvalue weighted by Gasteiger charge is 2.34. The third kappa shape index (κ3) is 3.20. The van der Waals surface area contributed by atoms with Crippen molar-refractivity contribution in [3.63, 3.8) is 0 Å². The first kappa shape index (κ1) is 15.0. The number of phenolic OH excluding ortho intramolecular Hbond substituents is 1. The maximum atomic E-state index is 12.0. The molecular weight excluding hydrogens is 290 g/mol. The lowest BCUT2D eigenvalue weighted by atomic mass is 10.2. The highest BCUT2D eigenvalue weighted by molar-refractivity contribution is 8.18. The summed E-state index contributed by atoms with van der Waals surface area (Å²) < 4.78 is 5.27. The molecule has 0 radical (unpaired) electrons. The number of hydrogen-bond donors (Lipinski definition) is 1. The molecule has 1 aromatic carbocycles. The molecule has 2 rings (SSSR count). The van der Waals surface area contributed by atoms with Gasteiger partial charge in [-0.15, -0.1) is 6.42 Å². The summed E-state index contributed by atoms with van der Waals surface area (Å²) in [6.45, 7) is 2.18. The standard InChI is InChI=1S/C15H13NO4S/c1-3-7-16-14(18)13(21-15(16)19)9-10-5-6-11(17)12(8-10)20-4-2/h1,5-6,8-9,17H,4,7H2,2H3/b13-9-. The van der Waals surface area contributed by atoms with Crippen molar-refractivity contribution in [2.75, 3.05) is 13.2 Å². The van der Waals surface area contributed by atoms with Crippen LogP contribution in [0.25, 0.3) is 6.08 Å². The zero-order valence-electron chi connectivity index (χ0n) is 11.3. The van der Waals surface area contributed by atoms with Crippen LogP contribution in [0.2, 0.25) is 0 Å². The maximum absolute atomic E-state index is 12.0. The van der Waals surface area contributed by atoms with Gasteiger partial charge in [0.2, 0.25) is 0 Å². The zero-order chi connectivity index (χ0) is 15.4. The van der Waals surface area contributed by atoms with Gasteiger partial charge >= 0.3 is 0 Å². The zero-order valence-corrected chi connectivity index (χ0v) is 12.1. The number of ether oxygens (including phenoxy) is 1. The van der Waals surface area contributed by atoms with E-state index in [1.807, 2.05) is 0 Å². The minimum atomic E-state index is -0.408. The summed E-state index contributed by atoms with van der Waals surface area (Å²) >= 11 is 0.840. The molecule has 0 aliphatic carbocycles. The van der Waals surface area contributed by atoms with Crippen molar-refractivity contribution >= 4 is 29.0 Å². The summed E-state index contributed by atoms with van der Waals surface area (Å²) in [5.74, 6) is 2.22. The van der Waals surface area contributed by atoms with Gasteiger partial charge in [0.05, 0.1) is 18.1 Å². The summed E-state index contributed by atoms with van der Waals surface area (Å²) in [5.41, 5.74) is 0.655. The van der Waals surface area contributed by atoms with Gasteiger partial charge < -0.3 is 9.84 Å². The van der Waals surface area contributed by atoms with Crippen LogP contribution in [0.4, 0.5) is 4.79 Å². The molecule has 1 saturated heterocycles. The van der Waals surface area contributed by atoms with Crippen LogP contribution in [0.5, 0.6) is 11.5 Å².